The van der Waals surface area contributed by atoms with Gasteiger partial charge >= 0.3 is 12.1 Å². The molecule has 0 atom stereocenters. The van der Waals surface area contributed by atoms with Crippen molar-refractivity contribution in [2.45, 2.75) is 45.1 Å². The van der Waals surface area contributed by atoms with Gasteiger partial charge in [-0.25, -0.2) is 14.6 Å². The van der Waals surface area contributed by atoms with Gasteiger partial charge < -0.3 is 14.7 Å². The number of amides is 1. The Hall–Kier alpha value is -2.11. The van der Waals surface area contributed by atoms with Gasteiger partial charge in [-0.2, -0.15) is 0 Å². The summed E-state index contributed by atoms with van der Waals surface area (Å²) in [6, 6.07) is 3.47. The number of nitrogens with zero attached hydrogens (tertiary/aromatic N) is 2. The van der Waals surface area contributed by atoms with Gasteiger partial charge in [0.2, 0.25) is 0 Å². The molecule has 1 saturated heterocycles. The van der Waals surface area contributed by atoms with E-state index in [1.165, 1.54) is 6.20 Å². The van der Waals surface area contributed by atoms with Crippen LogP contribution in [-0.4, -0.2) is 45.7 Å². The van der Waals surface area contributed by atoms with Crippen molar-refractivity contribution in [2.24, 2.45) is 0 Å². The molecule has 1 aliphatic heterocycles. The second-order valence-electron chi connectivity index (χ2n) is 6.52. The fourth-order valence-corrected chi connectivity index (χ4v) is 2.54. The van der Waals surface area contributed by atoms with Crippen molar-refractivity contribution in [1.29, 1.82) is 0 Å². The molecular formula is C16H22N2O4. The summed E-state index contributed by atoms with van der Waals surface area (Å²) in [4.78, 5) is 28.5. The first-order valence-corrected chi connectivity index (χ1v) is 7.43. The maximum atomic E-state index is 12.0. The molecule has 2 rings (SSSR count). The number of hydrogen-bond donors (Lipinski definition) is 1. The van der Waals surface area contributed by atoms with Gasteiger partial charge in [0, 0.05) is 19.3 Å². The van der Waals surface area contributed by atoms with Crippen LogP contribution in [0.3, 0.4) is 0 Å². The van der Waals surface area contributed by atoms with E-state index >= 15 is 0 Å². The number of aromatic carboxylic acids is 1. The SMILES string of the molecule is CC(C)(C)OC(=O)N1CCC(c2ccnc(C(=O)O)c2)CC1. The summed E-state index contributed by atoms with van der Waals surface area (Å²) in [7, 11) is 0. The Kier molecular flexibility index (Phi) is 4.68. The summed E-state index contributed by atoms with van der Waals surface area (Å²) < 4.78 is 5.37. The zero-order chi connectivity index (χ0) is 16.3. The Bertz CT molecular complexity index is 558. The first-order valence-electron chi connectivity index (χ1n) is 7.43. The molecule has 0 unspecified atom stereocenters. The fraction of sp³-hybridized carbons (Fsp3) is 0.562. The monoisotopic (exact) mass is 306 g/mol. The standard InChI is InChI=1S/C16H22N2O4/c1-16(2,3)22-15(21)18-8-5-11(6-9-18)12-4-7-17-13(10-12)14(19)20/h4,7,10-11H,5-6,8-9H2,1-3H3,(H,19,20). The quantitative estimate of drug-likeness (QED) is 0.908. The maximum absolute atomic E-state index is 12.0. The smallest absolute Gasteiger partial charge is 0.410 e. The molecule has 6 nitrogen and oxygen atoms in total. The van der Waals surface area contributed by atoms with Crippen LogP contribution in [0.2, 0.25) is 0 Å². The number of piperidine rings is 1. The number of carboxylic acids is 1. The van der Waals surface area contributed by atoms with E-state index in [4.69, 9.17) is 9.84 Å². The number of aromatic nitrogens is 1. The fourth-order valence-electron chi connectivity index (χ4n) is 2.54. The van der Waals surface area contributed by atoms with Crippen molar-refractivity contribution in [1.82, 2.24) is 9.88 Å². The highest BCUT2D eigenvalue weighted by Gasteiger charge is 2.27. The van der Waals surface area contributed by atoms with Crippen LogP contribution in [0.5, 0.6) is 0 Å². The van der Waals surface area contributed by atoms with E-state index in [0.29, 0.717) is 13.1 Å². The predicted molar refractivity (Wildman–Crippen MR) is 81.0 cm³/mol. The molecule has 6 heteroatoms. The van der Waals surface area contributed by atoms with Crippen LogP contribution < -0.4 is 0 Å². The molecule has 0 radical (unpaired) electrons. The van der Waals surface area contributed by atoms with Gasteiger partial charge in [-0.15, -0.1) is 0 Å². The van der Waals surface area contributed by atoms with Gasteiger partial charge in [-0.05, 0) is 57.2 Å². The van der Waals surface area contributed by atoms with Crippen LogP contribution in [0, 0.1) is 0 Å². The molecule has 1 fully saturated rings. The summed E-state index contributed by atoms with van der Waals surface area (Å²) in [6.07, 6.45) is 2.83. The van der Waals surface area contributed by atoms with Gasteiger partial charge in [-0.1, -0.05) is 0 Å². The first kappa shape index (κ1) is 16.3. The Balaban J connectivity index is 1.96. The van der Waals surface area contributed by atoms with Crippen LogP contribution in [0.25, 0.3) is 0 Å². The Morgan fingerprint density at radius 3 is 2.50 bits per heavy atom. The average Bonchev–Trinajstić information content (AvgIpc) is 2.46. The number of pyridine rings is 1. The van der Waals surface area contributed by atoms with E-state index in [1.54, 1.807) is 11.0 Å². The molecule has 0 aromatic carbocycles. The minimum absolute atomic E-state index is 0.0621. The molecule has 1 aromatic heterocycles. The maximum Gasteiger partial charge on any atom is 0.410 e. The van der Waals surface area contributed by atoms with Gasteiger partial charge in [0.15, 0.2) is 0 Å². The molecular weight excluding hydrogens is 284 g/mol. The van der Waals surface area contributed by atoms with E-state index < -0.39 is 11.6 Å². The average molecular weight is 306 g/mol. The van der Waals surface area contributed by atoms with Crippen molar-refractivity contribution < 1.29 is 19.4 Å². The molecule has 0 bridgehead atoms. The first-order chi connectivity index (χ1) is 10.3. The molecule has 1 amide bonds. The molecule has 2 heterocycles. The molecule has 0 spiro atoms. The third-order valence-electron chi connectivity index (χ3n) is 3.62. The lowest BCUT2D eigenvalue weighted by molar-refractivity contribution is 0.0204. The lowest BCUT2D eigenvalue weighted by Crippen LogP contribution is -2.41. The summed E-state index contributed by atoms with van der Waals surface area (Å²) in [6.45, 7) is 6.78. The number of carboxylic acid groups (broad SMARTS) is 1. The number of ether oxygens (including phenoxy) is 1. The minimum Gasteiger partial charge on any atom is -0.477 e. The zero-order valence-corrected chi connectivity index (χ0v) is 13.2. The molecule has 0 saturated carbocycles. The van der Waals surface area contributed by atoms with Crippen LogP contribution in [0.4, 0.5) is 4.79 Å². The second kappa shape index (κ2) is 6.34. The molecule has 1 aliphatic rings. The van der Waals surface area contributed by atoms with Crippen molar-refractivity contribution in [3.8, 4) is 0 Å². The minimum atomic E-state index is -1.02. The number of likely N-dealkylation sites (tertiary alicyclic amines) is 1. The normalized spacial score (nSPS) is 16.4. The van der Waals surface area contributed by atoms with Gasteiger partial charge in [0.05, 0.1) is 0 Å². The van der Waals surface area contributed by atoms with Crippen molar-refractivity contribution >= 4 is 12.1 Å². The van der Waals surface area contributed by atoms with Crippen molar-refractivity contribution in [3.05, 3.63) is 29.6 Å². The Morgan fingerprint density at radius 1 is 1.32 bits per heavy atom. The van der Waals surface area contributed by atoms with E-state index in [9.17, 15) is 9.59 Å². The molecule has 22 heavy (non-hydrogen) atoms. The van der Waals surface area contributed by atoms with Crippen molar-refractivity contribution in [2.75, 3.05) is 13.1 Å². The Labute approximate surface area is 130 Å². The third kappa shape index (κ3) is 4.19. The summed E-state index contributed by atoms with van der Waals surface area (Å²) in [5, 5.41) is 9.00. The number of hydrogen-bond acceptors (Lipinski definition) is 4. The zero-order valence-electron chi connectivity index (χ0n) is 13.2. The second-order valence-corrected chi connectivity index (χ2v) is 6.52. The molecule has 120 valence electrons. The van der Waals surface area contributed by atoms with Crippen LogP contribution in [-0.2, 0) is 4.74 Å². The van der Waals surface area contributed by atoms with Crippen LogP contribution in [0.15, 0.2) is 18.3 Å². The summed E-state index contributed by atoms with van der Waals surface area (Å²) in [5.41, 5.74) is 0.540. The highest BCUT2D eigenvalue weighted by atomic mass is 16.6. The highest BCUT2D eigenvalue weighted by molar-refractivity contribution is 5.85. The molecule has 0 aliphatic carbocycles. The summed E-state index contributed by atoms with van der Waals surface area (Å²) >= 11 is 0. The van der Waals surface area contributed by atoms with E-state index in [-0.39, 0.29) is 17.7 Å². The lowest BCUT2D eigenvalue weighted by atomic mass is 9.90. The predicted octanol–water partition coefficient (Wildman–Crippen LogP) is 2.89. The van der Waals surface area contributed by atoms with Gasteiger partial charge in [0.1, 0.15) is 11.3 Å². The summed E-state index contributed by atoms with van der Waals surface area (Å²) in [5.74, 6) is -0.771. The third-order valence-corrected chi connectivity index (χ3v) is 3.62. The number of carbonyl (C=O) groups is 2. The highest BCUT2D eigenvalue weighted by Crippen LogP contribution is 2.28. The van der Waals surface area contributed by atoms with Crippen LogP contribution >= 0.6 is 0 Å². The lowest BCUT2D eigenvalue weighted by Gasteiger charge is -2.33. The molecule has 1 aromatic rings. The topological polar surface area (TPSA) is 79.7 Å². The Morgan fingerprint density at radius 2 is 1.95 bits per heavy atom. The largest absolute Gasteiger partial charge is 0.477 e. The van der Waals surface area contributed by atoms with E-state index in [2.05, 4.69) is 4.98 Å². The number of carbonyl (C=O) groups excluding carboxylic acids is 1. The van der Waals surface area contributed by atoms with Crippen molar-refractivity contribution in [3.63, 3.8) is 0 Å². The van der Waals surface area contributed by atoms with Gasteiger partial charge in [0.25, 0.3) is 0 Å². The number of rotatable bonds is 2. The van der Waals surface area contributed by atoms with E-state index in [1.807, 2.05) is 26.8 Å². The van der Waals surface area contributed by atoms with Gasteiger partial charge in [-0.3, -0.25) is 0 Å². The van der Waals surface area contributed by atoms with E-state index in [0.717, 1.165) is 18.4 Å². The van der Waals surface area contributed by atoms with Crippen LogP contribution in [0.1, 0.15) is 55.6 Å². The molecule has 1 N–H and O–H groups in total.